The molecular weight excluding hydrogens is 708 g/mol. The van der Waals surface area contributed by atoms with Crippen LogP contribution in [-0.2, 0) is 14.3 Å². The zero-order valence-corrected chi connectivity index (χ0v) is 29.3. The van der Waals surface area contributed by atoms with Crippen LogP contribution in [0.2, 0.25) is 10.0 Å². The number of aromatic nitrogens is 1. The second-order valence-corrected chi connectivity index (χ2v) is 14.4. The second kappa shape index (κ2) is 14.2. The highest BCUT2D eigenvalue weighted by Crippen LogP contribution is 2.38. The Labute approximate surface area is 301 Å². The molecule has 4 aliphatic rings. The van der Waals surface area contributed by atoms with E-state index >= 15 is 0 Å². The maximum Gasteiger partial charge on any atom is 0.338 e. The van der Waals surface area contributed by atoms with E-state index in [4.69, 9.17) is 32.9 Å². The molecule has 2 N–H and O–H groups in total. The lowest BCUT2D eigenvalue weighted by Gasteiger charge is -2.38. The number of methoxy groups -OCH3 is 1. The second-order valence-electron chi connectivity index (χ2n) is 12.6. The first-order chi connectivity index (χ1) is 24.1. The van der Waals surface area contributed by atoms with Crippen LogP contribution in [0.15, 0.2) is 64.2 Å². The lowest BCUT2D eigenvalue weighted by Crippen LogP contribution is -2.53. The topological polar surface area (TPSA) is 131 Å². The molecule has 50 heavy (non-hydrogen) atoms. The first-order valence-electron chi connectivity index (χ1n) is 16.2. The Morgan fingerprint density at radius 3 is 2.56 bits per heavy atom. The van der Waals surface area contributed by atoms with Crippen molar-refractivity contribution in [1.82, 2.24) is 20.1 Å². The summed E-state index contributed by atoms with van der Waals surface area (Å²) in [6.45, 7) is 3.13. The third-order valence-electron chi connectivity index (χ3n) is 9.63. The Balaban J connectivity index is 1.12. The molecule has 5 heterocycles. The van der Waals surface area contributed by atoms with Crippen molar-refractivity contribution < 1.29 is 28.6 Å². The molecule has 0 radical (unpaired) electrons. The fourth-order valence-corrected chi connectivity index (χ4v) is 8.20. The van der Waals surface area contributed by atoms with Crippen molar-refractivity contribution in [3.63, 3.8) is 0 Å². The summed E-state index contributed by atoms with van der Waals surface area (Å²) in [5, 5.41) is 16.0. The number of fused-ring (bicyclic) bond motifs is 1. The number of piperazine rings is 1. The number of carbonyl (C=O) groups excluding carboxylic acids is 2. The number of hydrogen-bond donors (Lipinski definition) is 2. The molecule has 0 saturated carbocycles. The molecule has 12 nitrogen and oxygen atoms in total. The van der Waals surface area contributed by atoms with E-state index in [1.54, 1.807) is 35.4 Å². The molecule has 0 unspecified atom stereocenters. The SMILES string of the molecule is COC(=O)C1=C(CN2CCN3C(=O)N(c4cc(F)cc(N5CCC(C(=O)O)CC5)c4)C[C@@H]3C2)NC(c2nccs2)=N[C@H]1c1ccc(Cl)cc1Cl. The van der Waals surface area contributed by atoms with Crippen molar-refractivity contribution in [3.8, 4) is 0 Å². The van der Waals surface area contributed by atoms with Crippen LogP contribution in [0.5, 0.6) is 0 Å². The molecule has 7 rings (SSSR count). The minimum atomic E-state index is -0.811. The number of thiazole rings is 1. The molecular formula is C34H34Cl2FN7O5S. The maximum absolute atomic E-state index is 15.0. The molecule has 2 amide bonds. The van der Waals surface area contributed by atoms with Crippen molar-refractivity contribution in [2.75, 3.05) is 62.7 Å². The predicted octanol–water partition coefficient (Wildman–Crippen LogP) is 5.03. The molecule has 16 heteroatoms. The number of halogens is 3. The Hall–Kier alpha value is -4.24. The number of carboxylic acid groups (broad SMARTS) is 1. The number of rotatable bonds is 8. The summed E-state index contributed by atoms with van der Waals surface area (Å²) < 4.78 is 20.2. The highest BCUT2D eigenvalue weighted by molar-refractivity contribution is 7.11. The van der Waals surface area contributed by atoms with Crippen LogP contribution in [0, 0.1) is 11.7 Å². The number of esters is 1. The van der Waals surface area contributed by atoms with Gasteiger partial charge in [-0.15, -0.1) is 11.3 Å². The van der Waals surface area contributed by atoms with Gasteiger partial charge in [-0.2, -0.15) is 0 Å². The van der Waals surface area contributed by atoms with Crippen molar-refractivity contribution in [3.05, 3.63) is 85.7 Å². The van der Waals surface area contributed by atoms with E-state index < -0.39 is 29.7 Å². The van der Waals surface area contributed by atoms with Gasteiger partial charge in [0.15, 0.2) is 10.8 Å². The molecule has 0 bridgehead atoms. The Morgan fingerprint density at radius 1 is 1.08 bits per heavy atom. The number of urea groups is 1. The van der Waals surface area contributed by atoms with E-state index in [0.717, 1.165) is 0 Å². The van der Waals surface area contributed by atoms with Gasteiger partial charge in [-0.1, -0.05) is 29.3 Å². The van der Waals surface area contributed by atoms with E-state index in [-0.39, 0.29) is 12.1 Å². The largest absolute Gasteiger partial charge is 0.481 e. The summed E-state index contributed by atoms with van der Waals surface area (Å²) in [6, 6.07) is 8.48. The van der Waals surface area contributed by atoms with Crippen LogP contribution in [0.3, 0.4) is 0 Å². The van der Waals surface area contributed by atoms with Crippen LogP contribution in [-0.4, -0.2) is 103 Å². The number of amides is 2. The normalized spacial score (nSPS) is 21.6. The zero-order chi connectivity index (χ0) is 35.1. The average Bonchev–Trinajstić information content (AvgIpc) is 3.76. The van der Waals surface area contributed by atoms with E-state index in [9.17, 15) is 23.9 Å². The fourth-order valence-electron chi connectivity index (χ4n) is 7.10. The number of nitrogens with zero attached hydrogens (tertiary/aromatic N) is 6. The molecule has 262 valence electrons. The number of aliphatic carboxylic acids is 1. The van der Waals surface area contributed by atoms with Gasteiger partial charge in [0.2, 0.25) is 0 Å². The first kappa shape index (κ1) is 34.2. The van der Waals surface area contributed by atoms with Crippen molar-refractivity contribution >= 4 is 69.7 Å². The Bertz CT molecular complexity index is 1880. The maximum atomic E-state index is 15.0. The van der Waals surface area contributed by atoms with Gasteiger partial charge >= 0.3 is 18.0 Å². The standard InChI is InChI=1S/C34H34Cl2FN7O5S/c1-49-33(47)28-27(39-30(31-38-6-11-50-31)40-29(28)25-3-2-20(35)12-26(25)36)18-41-9-10-43-24(16-41)17-44(34(43)48)23-14-21(37)13-22(15-23)42-7-4-19(5-8-42)32(45)46/h2-3,6,11-15,19,24,29H,4-5,7-10,16-18H2,1H3,(H,39,40)(H,45,46)/t24-,29-/m0/s1. The van der Waals surface area contributed by atoms with Gasteiger partial charge in [0.1, 0.15) is 11.9 Å². The summed E-state index contributed by atoms with van der Waals surface area (Å²) in [4.78, 5) is 55.4. The third kappa shape index (κ3) is 6.76. The lowest BCUT2D eigenvalue weighted by molar-refractivity contribution is -0.142. The van der Waals surface area contributed by atoms with E-state index in [1.807, 2.05) is 15.2 Å². The number of nitrogens with one attached hydrogen (secondary N) is 1. The van der Waals surface area contributed by atoms with Gasteiger partial charge in [0.05, 0.1) is 30.3 Å². The molecule has 4 aliphatic heterocycles. The minimum absolute atomic E-state index is 0.186. The van der Waals surface area contributed by atoms with Crippen molar-refractivity contribution in [1.29, 1.82) is 0 Å². The molecule has 3 fully saturated rings. The Morgan fingerprint density at radius 2 is 1.86 bits per heavy atom. The summed E-state index contributed by atoms with van der Waals surface area (Å²) in [6.07, 6.45) is 2.63. The molecule has 1 aromatic heterocycles. The van der Waals surface area contributed by atoms with E-state index in [0.29, 0.717) is 108 Å². The fraction of sp³-hybridized carbons (Fsp3) is 0.382. The van der Waals surface area contributed by atoms with Crippen LogP contribution < -0.4 is 15.1 Å². The predicted molar refractivity (Wildman–Crippen MR) is 189 cm³/mol. The van der Waals surface area contributed by atoms with Crippen molar-refractivity contribution in [2.45, 2.75) is 24.9 Å². The summed E-state index contributed by atoms with van der Waals surface area (Å²) in [5.41, 5.74) is 2.57. The van der Waals surface area contributed by atoms with Gasteiger partial charge in [0.25, 0.3) is 0 Å². The summed E-state index contributed by atoms with van der Waals surface area (Å²) in [7, 11) is 1.32. The van der Waals surface area contributed by atoms with Gasteiger partial charge in [-0.25, -0.2) is 19.0 Å². The number of hydrogen-bond acceptors (Lipinski definition) is 10. The van der Waals surface area contributed by atoms with Crippen LogP contribution in [0.1, 0.15) is 29.5 Å². The van der Waals surface area contributed by atoms with Crippen LogP contribution in [0.4, 0.5) is 20.6 Å². The molecule has 0 aliphatic carbocycles. The molecule has 0 spiro atoms. The number of piperidine rings is 1. The third-order valence-corrected chi connectivity index (χ3v) is 11.0. The van der Waals surface area contributed by atoms with Crippen molar-refractivity contribution in [2.24, 2.45) is 10.9 Å². The number of anilines is 2. The number of carbonyl (C=O) groups is 3. The van der Waals surface area contributed by atoms with Gasteiger partial charge < -0.3 is 25.0 Å². The number of ether oxygens (including phenoxy) is 1. The van der Waals surface area contributed by atoms with E-state index in [1.165, 1.54) is 30.6 Å². The number of amidine groups is 1. The van der Waals surface area contributed by atoms with Crippen LogP contribution >= 0.6 is 34.5 Å². The summed E-state index contributed by atoms with van der Waals surface area (Å²) >= 11 is 14.2. The number of carboxylic acids is 1. The average molecular weight is 743 g/mol. The van der Waals surface area contributed by atoms with Gasteiger partial charge in [0, 0.05) is 84.4 Å². The summed E-state index contributed by atoms with van der Waals surface area (Å²) in [5.74, 6) is -1.74. The number of aliphatic imine (C=N–C) groups is 1. The minimum Gasteiger partial charge on any atom is -0.481 e. The molecule has 2 atom stereocenters. The molecule has 2 aromatic carbocycles. The molecule has 3 aromatic rings. The van der Waals surface area contributed by atoms with Gasteiger partial charge in [-0.3, -0.25) is 19.6 Å². The Kier molecular flexibility index (Phi) is 9.70. The van der Waals surface area contributed by atoms with E-state index in [2.05, 4.69) is 15.2 Å². The first-order valence-corrected chi connectivity index (χ1v) is 17.8. The quantitative estimate of drug-likeness (QED) is 0.305. The number of benzene rings is 2. The smallest absolute Gasteiger partial charge is 0.338 e. The lowest BCUT2D eigenvalue weighted by atomic mass is 9.95. The zero-order valence-electron chi connectivity index (χ0n) is 27.0. The van der Waals surface area contributed by atoms with Gasteiger partial charge in [-0.05, 0) is 43.2 Å². The monoisotopic (exact) mass is 741 g/mol. The highest BCUT2D eigenvalue weighted by Gasteiger charge is 2.43. The van der Waals surface area contributed by atoms with Crippen LogP contribution in [0.25, 0.3) is 0 Å². The molecule has 3 saturated heterocycles. The highest BCUT2D eigenvalue weighted by atomic mass is 35.5.